The molecule has 0 spiro atoms. The van der Waals surface area contributed by atoms with Gasteiger partial charge >= 0.3 is 5.97 Å². The number of amides is 1. The van der Waals surface area contributed by atoms with Crippen LogP contribution >= 0.6 is 0 Å². The zero-order chi connectivity index (χ0) is 18.4. The molecule has 0 saturated carbocycles. The first-order valence-electron chi connectivity index (χ1n) is 9.45. The summed E-state index contributed by atoms with van der Waals surface area (Å²) in [6.45, 7) is 7.05. The molecule has 1 aromatic carbocycles. The van der Waals surface area contributed by atoms with Gasteiger partial charge in [0.25, 0.3) is 0 Å². The molecule has 0 aliphatic carbocycles. The Morgan fingerprint density at radius 2 is 1.69 bits per heavy atom. The minimum atomic E-state index is -0.899. The Bertz CT molecular complexity index is 727. The maximum absolute atomic E-state index is 13.0. The lowest BCUT2D eigenvalue weighted by molar-refractivity contribution is -0.151. The van der Waals surface area contributed by atoms with Gasteiger partial charge in [-0.2, -0.15) is 0 Å². The third-order valence-electron chi connectivity index (χ3n) is 6.35. The highest BCUT2D eigenvalue weighted by Gasteiger charge is 2.56. The van der Waals surface area contributed by atoms with Crippen molar-refractivity contribution in [1.29, 1.82) is 0 Å². The Hall–Kier alpha value is -2.08. The predicted molar refractivity (Wildman–Crippen MR) is 97.2 cm³/mol. The molecule has 26 heavy (non-hydrogen) atoms. The second kappa shape index (κ2) is 6.58. The van der Waals surface area contributed by atoms with Crippen LogP contribution in [0.25, 0.3) is 0 Å². The van der Waals surface area contributed by atoms with Crippen molar-refractivity contribution in [2.24, 2.45) is 11.8 Å². The molecule has 1 aromatic rings. The van der Waals surface area contributed by atoms with Crippen molar-refractivity contribution >= 4 is 17.6 Å². The largest absolute Gasteiger partial charge is 0.481 e. The van der Waals surface area contributed by atoms with Crippen molar-refractivity contribution in [1.82, 2.24) is 4.90 Å². The molecule has 4 rings (SSSR count). The number of piperazine rings is 1. The van der Waals surface area contributed by atoms with Crippen molar-refractivity contribution in [3.05, 3.63) is 29.3 Å². The number of aryl methyl sites for hydroxylation is 1. The number of carbonyl (C=O) groups excluding carboxylic acids is 1. The summed E-state index contributed by atoms with van der Waals surface area (Å²) in [7, 11) is 0. The van der Waals surface area contributed by atoms with Crippen molar-refractivity contribution in [3.63, 3.8) is 0 Å². The molecule has 0 aromatic heterocycles. The number of carbonyl (C=O) groups is 2. The zero-order valence-electron chi connectivity index (χ0n) is 15.4. The lowest BCUT2D eigenvalue weighted by Gasteiger charge is -2.39. The molecule has 0 unspecified atom stereocenters. The number of fused-ring (bicyclic) bond motifs is 2. The summed E-state index contributed by atoms with van der Waals surface area (Å²) in [5.74, 6) is -2.13. The van der Waals surface area contributed by atoms with E-state index in [1.807, 2.05) is 4.90 Å². The van der Waals surface area contributed by atoms with Crippen molar-refractivity contribution < 1.29 is 19.4 Å². The molecule has 1 amide bonds. The standard InChI is InChI=1S/C20H26N2O4/c1-12-4-3-5-14(13(12)2)21-8-10-22(11-9-21)19(23)17-15-6-7-16(26-15)18(17)20(24)25/h3-5,15-18H,6-11H2,1-2H3,(H,24,25)/t15-,16+,17+,18+/m1/s1. The second-order valence-electron chi connectivity index (χ2n) is 7.71. The molecule has 3 heterocycles. The van der Waals surface area contributed by atoms with E-state index in [-0.39, 0.29) is 18.1 Å². The Morgan fingerprint density at radius 3 is 2.35 bits per heavy atom. The van der Waals surface area contributed by atoms with Gasteiger partial charge in [-0.3, -0.25) is 9.59 Å². The van der Waals surface area contributed by atoms with Crippen LogP contribution in [-0.4, -0.2) is 60.3 Å². The Labute approximate surface area is 153 Å². The number of rotatable bonds is 3. The molecule has 0 radical (unpaired) electrons. The van der Waals surface area contributed by atoms with E-state index in [4.69, 9.17) is 4.74 Å². The number of nitrogens with zero attached hydrogens (tertiary/aromatic N) is 2. The molecule has 3 aliphatic heterocycles. The van der Waals surface area contributed by atoms with Gasteiger partial charge in [0.2, 0.25) is 5.91 Å². The van der Waals surface area contributed by atoms with E-state index in [1.54, 1.807) is 0 Å². The summed E-state index contributed by atoms with van der Waals surface area (Å²) < 4.78 is 5.75. The molecule has 1 N–H and O–H groups in total. The van der Waals surface area contributed by atoms with E-state index in [0.717, 1.165) is 25.9 Å². The van der Waals surface area contributed by atoms with Gasteiger partial charge in [0.1, 0.15) is 0 Å². The molecule has 3 aliphatic rings. The van der Waals surface area contributed by atoms with Crippen LogP contribution in [-0.2, 0) is 14.3 Å². The molecule has 140 valence electrons. The van der Waals surface area contributed by atoms with Gasteiger partial charge in [0.15, 0.2) is 0 Å². The third-order valence-corrected chi connectivity index (χ3v) is 6.35. The smallest absolute Gasteiger partial charge is 0.310 e. The summed E-state index contributed by atoms with van der Waals surface area (Å²) >= 11 is 0. The van der Waals surface area contributed by atoms with Gasteiger partial charge in [0.05, 0.1) is 24.0 Å². The zero-order valence-corrected chi connectivity index (χ0v) is 15.4. The van der Waals surface area contributed by atoms with Gasteiger partial charge < -0.3 is 19.6 Å². The summed E-state index contributed by atoms with van der Waals surface area (Å²) in [5.41, 5.74) is 3.77. The molecule has 3 saturated heterocycles. The van der Waals surface area contributed by atoms with Gasteiger partial charge in [0, 0.05) is 31.9 Å². The minimum absolute atomic E-state index is 0.0368. The SMILES string of the molecule is Cc1cccc(N2CCN(C(=O)[C@@H]3[C@@H](C(=O)O)[C@@H]4CC[C@H]3O4)CC2)c1C. The number of hydrogen-bond acceptors (Lipinski definition) is 4. The van der Waals surface area contributed by atoms with E-state index in [1.165, 1.54) is 16.8 Å². The van der Waals surface area contributed by atoms with E-state index in [2.05, 4.69) is 36.9 Å². The maximum atomic E-state index is 13.0. The van der Waals surface area contributed by atoms with Crippen LogP contribution in [0, 0.1) is 25.7 Å². The van der Waals surface area contributed by atoms with Gasteiger partial charge in [-0.15, -0.1) is 0 Å². The summed E-state index contributed by atoms with van der Waals surface area (Å²) in [4.78, 5) is 28.8. The topological polar surface area (TPSA) is 70.1 Å². The van der Waals surface area contributed by atoms with Crippen molar-refractivity contribution in [2.75, 3.05) is 31.1 Å². The molecular weight excluding hydrogens is 332 g/mol. The van der Waals surface area contributed by atoms with Crippen LogP contribution in [0.4, 0.5) is 5.69 Å². The average Bonchev–Trinajstić information content (AvgIpc) is 3.25. The number of carboxylic acid groups (broad SMARTS) is 1. The fourth-order valence-corrected chi connectivity index (χ4v) is 4.76. The highest BCUT2D eigenvalue weighted by atomic mass is 16.5. The highest BCUT2D eigenvalue weighted by Crippen LogP contribution is 2.44. The Balaban J connectivity index is 1.44. The molecule has 2 bridgehead atoms. The summed E-state index contributed by atoms with van der Waals surface area (Å²) in [5, 5.41) is 9.54. The quantitative estimate of drug-likeness (QED) is 0.893. The summed E-state index contributed by atoms with van der Waals surface area (Å²) in [6.07, 6.45) is 1.05. The molecule has 3 fully saturated rings. The van der Waals surface area contributed by atoms with Crippen LogP contribution in [0.5, 0.6) is 0 Å². The Kier molecular flexibility index (Phi) is 4.39. The van der Waals surface area contributed by atoms with Crippen molar-refractivity contribution in [3.8, 4) is 0 Å². The van der Waals surface area contributed by atoms with Crippen LogP contribution < -0.4 is 4.90 Å². The number of anilines is 1. The van der Waals surface area contributed by atoms with Crippen LogP contribution in [0.1, 0.15) is 24.0 Å². The number of aliphatic carboxylic acids is 1. The van der Waals surface area contributed by atoms with Crippen molar-refractivity contribution in [2.45, 2.75) is 38.9 Å². The van der Waals surface area contributed by atoms with E-state index in [0.29, 0.717) is 13.1 Å². The normalized spacial score (nSPS) is 30.7. The average molecular weight is 358 g/mol. The second-order valence-corrected chi connectivity index (χ2v) is 7.71. The molecule has 6 nitrogen and oxygen atoms in total. The first-order chi connectivity index (χ1) is 12.5. The van der Waals surface area contributed by atoms with Crippen LogP contribution in [0.3, 0.4) is 0 Å². The van der Waals surface area contributed by atoms with E-state index < -0.39 is 17.8 Å². The molecule has 6 heteroatoms. The number of hydrogen-bond donors (Lipinski definition) is 1. The lowest BCUT2D eigenvalue weighted by Crippen LogP contribution is -2.53. The number of carboxylic acids is 1. The van der Waals surface area contributed by atoms with Crippen LogP contribution in [0.15, 0.2) is 18.2 Å². The van der Waals surface area contributed by atoms with Crippen LogP contribution in [0.2, 0.25) is 0 Å². The minimum Gasteiger partial charge on any atom is -0.481 e. The van der Waals surface area contributed by atoms with Gasteiger partial charge in [-0.05, 0) is 43.9 Å². The van der Waals surface area contributed by atoms with Gasteiger partial charge in [-0.1, -0.05) is 12.1 Å². The number of benzene rings is 1. The first kappa shape index (κ1) is 17.3. The predicted octanol–water partition coefficient (Wildman–Crippen LogP) is 1.83. The first-order valence-corrected chi connectivity index (χ1v) is 9.45. The molecular formula is C20H26N2O4. The number of ether oxygens (including phenoxy) is 1. The fourth-order valence-electron chi connectivity index (χ4n) is 4.76. The van der Waals surface area contributed by atoms with E-state index >= 15 is 0 Å². The van der Waals surface area contributed by atoms with Gasteiger partial charge in [-0.25, -0.2) is 0 Å². The van der Waals surface area contributed by atoms with E-state index in [9.17, 15) is 14.7 Å². The summed E-state index contributed by atoms with van der Waals surface area (Å²) in [6, 6.07) is 6.31. The third kappa shape index (κ3) is 2.76. The fraction of sp³-hybridized carbons (Fsp3) is 0.600. The lowest BCUT2D eigenvalue weighted by atomic mass is 9.78. The Morgan fingerprint density at radius 1 is 1.04 bits per heavy atom. The highest BCUT2D eigenvalue weighted by molar-refractivity contribution is 5.87. The monoisotopic (exact) mass is 358 g/mol. The maximum Gasteiger partial charge on any atom is 0.310 e. The molecule has 4 atom stereocenters.